The second kappa shape index (κ2) is 5.57. The van der Waals surface area contributed by atoms with Gasteiger partial charge in [0.05, 0.1) is 0 Å². The minimum absolute atomic E-state index is 0.584. The lowest BCUT2D eigenvalue weighted by atomic mass is 10.1. The zero-order chi connectivity index (χ0) is 12.4. The van der Waals surface area contributed by atoms with Crippen LogP contribution in [0, 0.1) is 5.92 Å². The van der Waals surface area contributed by atoms with Crippen LogP contribution in [0.5, 0.6) is 0 Å². The highest BCUT2D eigenvalue weighted by molar-refractivity contribution is 6.35. The molecule has 1 aromatic carbocycles. The maximum absolute atomic E-state index is 6.19. The van der Waals surface area contributed by atoms with Crippen molar-refractivity contribution in [1.29, 1.82) is 0 Å². The number of halogens is 2. The van der Waals surface area contributed by atoms with Crippen molar-refractivity contribution in [2.24, 2.45) is 5.92 Å². The first-order chi connectivity index (χ1) is 8.10. The molecule has 0 amide bonds. The predicted molar refractivity (Wildman–Crippen MR) is 73.8 cm³/mol. The van der Waals surface area contributed by atoms with Crippen LogP contribution in [0.15, 0.2) is 18.2 Å². The fraction of sp³-hybridized carbons (Fsp3) is 0.538. The average Bonchev–Trinajstić information content (AvgIpc) is 2.63. The molecule has 1 N–H and O–H groups in total. The van der Waals surface area contributed by atoms with E-state index in [4.69, 9.17) is 23.2 Å². The van der Waals surface area contributed by atoms with Crippen molar-refractivity contribution in [1.82, 2.24) is 10.2 Å². The van der Waals surface area contributed by atoms with Crippen molar-refractivity contribution in [2.45, 2.75) is 19.5 Å². The number of likely N-dealkylation sites (tertiary alicyclic amines) is 1. The summed E-state index contributed by atoms with van der Waals surface area (Å²) >= 11 is 12.1. The smallest absolute Gasteiger partial charge is 0.0465 e. The summed E-state index contributed by atoms with van der Waals surface area (Å²) in [6, 6.07) is 6.31. The Balaban J connectivity index is 2.02. The van der Waals surface area contributed by atoms with Gasteiger partial charge in [-0.15, -0.1) is 0 Å². The molecular weight excluding hydrogens is 255 g/mol. The van der Waals surface area contributed by atoms with E-state index >= 15 is 0 Å². The van der Waals surface area contributed by atoms with Crippen LogP contribution in [0.25, 0.3) is 0 Å². The molecule has 1 fully saturated rings. The van der Waals surface area contributed by atoms with Gasteiger partial charge in [0, 0.05) is 35.7 Å². The van der Waals surface area contributed by atoms with Gasteiger partial charge in [0.2, 0.25) is 0 Å². The van der Waals surface area contributed by atoms with E-state index in [1.807, 2.05) is 25.2 Å². The van der Waals surface area contributed by atoms with Crippen molar-refractivity contribution in [3.05, 3.63) is 33.8 Å². The molecule has 0 saturated carbocycles. The van der Waals surface area contributed by atoms with Crippen LogP contribution in [0.1, 0.15) is 12.5 Å². The molecule has 2 unspecified atom stereocenters. The number of nitrogens with zero attached hydrogens (tertiary/aromatic N) is 1. The summed E-state index contributed by atoms with van der Waals surface area (Å²) in [5, 5.41) is 4.82. The molecule has 1 heterocycles. The molecule has 2 rings (SSSR count). The molecule has 2 nitrogen and oxygen atoms in total. The molecule has 1 aliphatic rings. The second-order valence-electron chi connectivity index (χ2n) is 4.80. The SMILES string of the molecule is CNC1CN(Cc2ccc(Cl)cc2Cl)CC1C. The molecule has 1 aliphatic heterocycles. The Labute approximate surface area is 113 Å². The number of hydrogen-bond donors (Lipinski definition) is 1. The van der Waals surface area contributed by atoms with Crippen molar-refractivity contribution in [3.8, 4) is 0 Å². The van der Waals surface area contributed by atoms with Gasteiger partial charge >= 0.3 is 0 Å². The molecular formula is C13H18Cl2N2. The number of benzene rings is 1. The number of nitrogens with one attached hydrogen (secondary N) is 1. The summed E-state index contributed by atoms with van der Waals surface area (Å²) in [7, 11) is 2.03. The molecule has 0 aromatic heterocycles. The van der Waals surface area contributed by atoms with Crippen molar-refractivity contribution < 1.29 is 0 Å². The van der Waals surface area contributed by atoms with E-state index in [1.54, 1.807) is 0 Å². The topological polar surface area (TPSA) is 15.3 Å². The first kappa shape index (κ1) is 13.2. The third-order valence-corrected chi connectivity index (χ3v) is 4.05. The summed E-state index contributed by atoms with van der Waals surface area (Å²) in [5.74, 6) is 0.686. The van der Waals surface area contributed by atoms with E-state index in [0.717, 1.165) is 30.2 Å². The molecule has 1 saturated heterocycles. The lowest BCUT2D eigenvalue weighted by Crippen LogP contribution is -2.32. The van der Waals surface area contributed by atoms with Crippen molar-refractivity contribution in [2.75, 3.05) is 20.1 Å². The average molecular weight is 273 g/mol. The highest BCUT2D eigenvalue weighted by Crippen LogP contribution is 2.25. The first-order valence-corrected chi connectivity index (χ1v) is 6.69. The van der Waals surface area contributed by atoms with Crippen LogP contribution >= 0.6 is 23.2 Å². The van der Waals surface area contributed by atoms with E-state index < -0.39 is 0 Å². The van der Waals surface area contributed by atoms with Crippen molar-refractivity contribution >= 4 is 23.2 Å². The minimum Gasteiger partial charge on any atom is -0.315 e. The Morgan fingerprint density at radius 3 is 2.71 bits per heavy atom. The van der Waals surface area contributed by atoms with Gasteiger partial charge in [-0.2, -0.15) is 0 Å². The molecule has 1 aromatic rings. The summed E-state index contributed by atoms with van der Waals surface area (Å²) in [6.07, 6.45) is 0. The molecule has 94 valence electrons. The van der Waals surface area contributed by atoms with Gasteiger partial charge in [-0.1, -0.05) is 36.2 Å². The summed E-state index contributed by atoms with van der Waals surface area (Å²) in [6.45, 7) is 5.38. The summed E-state index contributed by atoms with van der Waals surface area (Å²) < 4.78 is 0. The standard InChI is InChI=1S/C13H18Cl2N2/c1-9-6-17(8-13(9)16-2)7-10-3-4-11(14)5-12(10)15/h3-5,9,13,16H,6-8H2,1-2H3. The first-order valence-electron chi connectivity index (χ1n) is 5.93. The third kappa shape index (κ3) is 3.14. The summed E-state index contributed by atoms with van der Waals surface area (Å²) in [4.78, 5) is 2.43. The van der Waals surface area contributed by atoms with E-state index in [2.05, 4.69) is 17.1 Å². The van der Waals surface area contributed by atoms with Crippen LogP contribution in [-0.4, -0.2) is 31.1 Å². The number of likely N-dealkylation sites (N-methyl/N-ethyl adjacent to an activating group) is 1. The Bertz CT molecular complexity index is 395. The molecule has 0 aliphatic carbocycles. The Morgan fingerprint density at radius 2 is 2.12 bits per heavy atom. The van der Waals surface area contributed by atoms with Crippen LogP contribution in [0.2, 0.25) is 10.0 Å². The largest absolute Gasteiger partial charge is 0.315 e. The highest BCUT2D eigenvalue weighted by atomic mass is 35.5. The Morgan fingerprint density at radius 1 is 1.35 bits per heavy atom. The van der Waals surface area contributed by atoms with Crippen LogP contribution in [0.4, 0.5) is 0 Å². The molecule has 2 atom stereocenters. The van der Waals surface area contributed by atoms with Gasteiger partial charge in [-0.25, -0.2) is 0 Å². The fourth-order valence-electron chi connectivity index (χ4n) is 2.46. The number of rotatable bonds is 3. The molecule has 0 spiro atoms. The quantitative estimate of drug-likeness (QED) is 0.910. The predicted octanol–water partition coefficient (Wildman–Crippen LogP) is 3.03. The molecule has 4 heteroatoms. The van der Waals surface area contributed by atoms with Crippen LogP contribution in [-0.2, 0) is 6.54 Å². The van der Waals surface area contributed by atoms with E-state index in [0.29, 0.717) is 17.0 Å². The molecule has 0 radical (unpaired) electrons. The van der Waals surface area contributed by atoms with Gasteiger partial charge in [-0.3, -0.25) is 4.90 Å². The van der Waals surface area contributed by atoms with Crippen molar-refractivity contribution in [3.63, 3.8) is 0 Å². The monoisotopic (exact) mass is 272 g/mol. The van der Waals surface area contributed by atoms with Gasteiger partial charge < -0.3 is 5.32 Å². The second-order valence-corrected chi connectivity index (χ2v) is 5.65. The van der Waals surface area contributed by atoms with E-state index in [-0.39, 0.29) is 0 Å². The Hall–Kier alpha value is -0.280. The summed E-state index contributed by atoms with van der Waals surface area (Å²) in [5.41, 5.74) is 1.15. The van der Waals surface area contributed by atoms with Gasteiger partial charge in [-0.05, 0) is 30.7 Å². The minimum atomic E-state index is 0.584. The zero-order valence-electron chi connectivity index (χ0n) is 10.2. The van der Waals surface area contributed by atoms with Gasteiger partial charge in [0.15, 0.2) is 0 Å². The van der Waals surface area contributed by atoms with E-state index in [9.17, 15) is 0 Å². The normalized spacial score (nSPS) is 25.4. The highest BCUT2D eigenvalue weighted by Gasteiger charge is 2.28. The van der Waals surface area contributed by atoms with Gasteiger partial charge in [0.25, 0.3) is 0 Å². The molecule has 0 bridgehead atoms. The lowest BCUT2D eigenvalue weighted by molar-refractivity contribution is 0.317. The maximum atomic E-state index is 6.19. The lowest BCUT2D eigenvalue weighted by Gasteiger charge is -2.16. The van der Waals surface area contributed by atoms with Crippen LogP contribution < -0.4 is 5.32 Å². The van der Waals surface area contributed by atoms with E-state index in [1.165, 1.54) is 0 Å². The van der Waals surface area contributed by atoms with Crippen LogP contribution in [0.3, 0.4) is 0 Å². The maximum Gasteiger partial charge on any atom is 0.0465 e. The molecule has 17 heavy (non-hydrogen) atoms. The number of hydrogen-bond acceptors (Lipinski definition) is 2. The third-order valence-electron chi connectivity index (χ3n) is 3.47. The Kier molecular flexibility index (Phi) is 4.31. The fourth-order valence-corrected chi connectivity index (χ4v) is 2.93. The zero-order valence-corrected chi connectivity index (χ0v) is 11.7. The van der Waals surface area contributed by atoms with Gasteiger partial charge in [0.1, 0.15) is 0 Å².